The van der Waals surface area contributed by atoms with Gasteiger partial charge in [0, 0.05) is 53.1 Å². The molecule has 1 N–H and O–H groups in total. The first kappa shape index (κ1) is 33.2. The number of benzene rings is 1. The van der Waals surface area contributed by atoms with Gasteiger partial charge in [-0.15, -0.1) is 11.3 Å². The van der Waals surface area contributed by atoms with Crippen LogP contribution in [0, 0.1) is 11.3 Å². The van der Waals surface area contributed by atoms with Gasteiger partial charge in [-0.25, -0.2) is 9.48 Å². The molecular formula is C38H44N6O4S. The number of pyridine rings is 1. The molecule has 2 aliphatic heterocycles. The number of aliphatic hydroxyl groups excluding tert-OH is 1. The molecule has 1 saturated carbocycles. The van der Waals surface area contributed by atoms with E-state index in [1.54, 1.807) is 28.5 Å². The van der Waals surface area contributed by atoms with Crippen LogP contribution in [-0.4, -0.2) is 68.2 Å². The first-order chi connectivity index (χ1) is 23.2. The number of anilines is 1. The maximum atomic E-state index is 13.3. The molecule has 11 heteroatoms. The summed E-state index contributed by atoms with van der Waals surface area (Å²) in [5, 5.41) is 25.1. The van der Waals surface area contributed by atoms with Gasteiger partial charge >= 0.3 is 6.09 Å². The number of carbonyl (C=O) groups excluding carboxylic acids is 1. The molecule has 3 aromatic heterocycles. The largest absolute Gasteiger partial charge is 0.444 e. The second-order valence-corrected chi connectivity index (χ2v) is 17.0. The number of ether oxygens (including phenoxy) is 1. The average molecular weight is 681 g/mol. The number of aliphatic hydroxyl groups is 1. The molecule has 1 spiro atoms. The number of nitrogens with zero attached hydrogens (tertiary/aromatic N) is 6. The highest BCUT2D eigenvalue weighted by Crippen LogP contribution is 2.59. The molecule has 3 aliphatic rings. The van der Waals surface area contributed by atoms with Gasteiger partial charge in [-0.05, 0) is 92.7 Å². The SMILES string of the molecule is CC(C)(C)OC(=O)N1C[C@H](N2CCC3(CC3)c3cc(C#N)cc(-c4ccnc5cc(Cn6ncc(C(C)(C)C)cc6=O)sc45)c32)C[C@@H]1CO. The van der Waals surface area contributed by atoms with Gasteiger partial charge in [-0.3, -0.25) is 9.78 Å². The molecule has 49 heavy (non-hydrogen) atoms. The van der Waals surface area contributed by atoms with Crippen LogP contribution in [0.15, 0.2) is 47.5 Å². The van der Waals surface area contributed by atoms with Crippen LogP contribution in [0.5, 0.6) is 0 Å². The Labute approximate surface area is 290 Å². The zero-order valence-electron chi connectivity index (χ0n) is 29.1. The predicted molar refractivity (Wildman–Crippen MR) is 191 cm³/mol. The smallest absolute Gasteiger partial charge is 0.410 e. The molecular weight excluding hydrogens is 637 g/mol. The molecule has 10 nitrogen and oxygen atoms in total. The van der Waals surface area contributed by atoms with Crippen molar-refractivity contribution < 1.29 is 14.6 Å². The molecule has 2 atom stereocenters. The number of fused-ring (bicyclic) bond motifs is 3. The highest BCUT2D eigenvalue weighted by atomic mass is 32.1. The van der Waals surface area contributed by atoms with Gasteiger partial charge in [0.15, 0.2) is 0 Å². The van der Waals surface area contributed by atoms with Crippen LogP contribution < -0.4 is 10.5 Å². The van der Waals surface area contributed by atoms with E-state index in [9.17, 15) is 20.0 Å². The quantitative estimate of drug-likeness (QED) is 0.259. The highest BCUT2D eigenvalue weighted by Gasteiger charge is 2.51. The molecule has 1 saturated heterocycles. The number of hydrogen-bond acceptors (Lipinski definition) is 9. The predicted octanol–water partition coefficient (Wildman–Crippen LogP) is 6.35. The maximum absolute atomic E-state index is 13.3. The van der Waals surface area contributed by atoms with E-state index in [4.69, 9.17) is 9.72 Å². The Kier molecular flexibility index (Phi) is 8.11. The van der Waals surface area contributed by atoms with Crippen LogP contribution >= 0.6 is 11.3 Å². The summed E-state index contributed by atoms with van der Waals surface area (Å²) >= 11 is 1.59. The Balaban J connectivity index is 1.30. The number of hydrogen-bond donors (Lipinski definition) is 1. The Morgan fingerprint density at radius 3 is 2.55 bits per heavy atom. The normalized spacial score (nSPS) is 20.0. The van der Waals surface area contributed by atoms with E-state index in [2.05, 4.69) is 42.9 Å². The van der Waals surface area contributed by atoms with Crippen molar-refractivity contribution in [2.24, 2.45) is 0 Å². The van der Waals surface area contributed by atoms with Crippen molar-refractivity contribution >= 4 is 33.3 Å². The Morgan fingerprint density at radius 2 is 1.90 bits per heavy atom. The van der Waals surface area contributed by atoms with Crippen molar-refractivity contribution in [3.63, 3.8) is 0 Å². The molecule has 7 rings (SSSR count). The van der Waals surface area contributed by atoms with Crippen LogP contribution in [-0.2, 0) is 22.1 Å². The van der Waals surface area contributed by atoms with Crippen molar-refractivity contribution in [3.05, 3.63) is 74.6 Å². The fourth-order valence-electron chi connectivity index (χ4n) is 7.46. The minimum atomic E-state index is -0.641. The fraction of sp³-hybridized carbons (Fsp3) is 0.500. The van der Waals surface area contributed by atoms with Crippen LogP contribution in [0.1, 0.15) is 88.8 Å². The van der Waals surface area contributed by atoms with Crippen LogP contribution in [0.25, 0.3) is 21.3 Å². The molecule has 0 radical (unpaired) electrons. The van der Waals surface area contributed by atoms with Gasteiger partial charge in [0.05, 0.1) is 47.2 Å². The first-order valence-corrected chi connectivity index (χ1v) is 17.9. The van der Waals surface area contributed by atoms with Crippen LogP contribution in [0.3, 0.4) is 0 Å². The highest BCUT2D eigenvalue weighted by molar-refractivity contribution is 7.19. The third kappa shape index (κ3) is 6.21. The van der Waals surface area contributed by atoms with Gasteiger partial charge in [0.1, 0.15) is 5.60 Å². The van der Waals surface area contributed by atoms with E-state index in [1.165, 1.54) is 10.2 Å². The number of nitriles is 1. The number of carbonyl (C=O) groups is 1. The minimum Gasteiger partial charge on any atom is -0.444 e. The van der Waals surface area contributed by atoms with Crippen molar-refractivity contribution in [1.82, 2.24) is 19.7 Å². The lowest BCUT2D eigenvalue weighted by atomic mass is 9.82. The van der Waals surface area contributed by atoms with E-state index in [-0.39, 0.29) is 35.1 Å². The summed E-state index contributed by atoms with van der Waals surface area (Å²) in [6, 6.07) is 11.8. The fourth-order valence-corrected chi connectivity index (χ4v) is 8.58. The van der Waals surface area contributed by atoms with Gasteiger partial charge in [0.2, 0.25) is 0 Å². The lowest BCUT2D eigenvalue weighted by Gasteiger charge is -2.41. The topological polar surface area (TPSA) is 125 Å². The monoisotopic (exact) mass is 680 g/mol. The molecule has 0 bridgehead atoms. The summed E-state index contributed by atoms with van der Waals surface area (Å²) in [6.07, 6.45) is 6.94. The Bertz CT molecular complexity index is 2040. The second-order valence-electron chi connectivity index (χ2n) is 15.9. The molecule has 2 fully saturated rings. The van der Waals surface area contributed by atoms with Crippen molar-refractivity contribution in [1.29, 1.82) is 5.26 Å². The molecule has 5 heterocycles. The summed E-state index contributed by atoms with van der Waals surface area (Å²) in [7, 11) is 0. The molecule has 0 unspecified atom stereocenters. The van der Waals surface area contributed by atoms with Gasteiger partial charge in [-0.1, -0.05) is 20.8 Å². The van der Waals surface area contributed by atoms with Gasteiger partial charge < -0.3 is 19.6 Å². The molecule has 4 aromatic rings. The zero-order chi connectivity index (χ0) is 34.9. The summed E-state index contributed by atoms with van der Waals surface area (Å²) in [6.45, 7) is 13.2. The van der Waals surface area contributed by atoms with Gasteiger partial charge in [-0.2, -0.15) is 10.4 Å². The maximum Gasteiger partial charge on any atom is 0.410 e. The Morgan fingerprint density at radius 1 is 1.12 bits per heavy atom. The van der Waals surface area contributed by atoms with Crippen LogP contribution in [0.4, 0.5) is 10.5 Å². The average Bonchev–Trinajstić information content (AvgIpc) is 3.48. The van der Waals surface area contributed by atoms with Crippen LogP contribution in [0.2, 0.25) is 0 Å². The number of thiophene rings is 1. The molecule has 1 aliphatic carbocycles. The summed E-state index contributed by atoms with van der Waals surface area (Å²) in [4.78, 5) is 36.1. The first-order valence-electron chi connectivity index (χ1n) is 17.1. The van der Waals surface area contributed by atoms with E-state index < -0.39 is 11.7 Å². The summed E-state index contributed by atoms with van der Waals surface area (Å²) < 4.78 is 8.21. The number of rotatable bonds is 5. The van der Waals surface area contributed by atoms with E-state index >= 15 is 0 Å². The lowest BCUT2D eigenvalue weighted by Crippen LogP contribution is -2.45. The van der Waals surface area contributed by atoms with Crippen molar-refractivity contribution in [3.8, 4) is 17.2 Å². The van der Waals surface area contributed by atoms with Crippen molar-refractivity contribution in [2.45, 2.75) is 102 Å². The number of likely N-dealkylation sites (tertiary alicyclic amines) is 1. The second kappa shape index (κ2) is 12.0. The standard InChI is InChI=1S/C38H44N6O4S/c1-36(2,3)24-15-32(46)44(41-19-24)21-27-17-31-34(49-27)28(7-11-40-31)29-13-23(18-39)14-30-33(29)42(12-10-38(30)8-9-38)25-16-26(22-45)43(20-25)35(47)48-37(4,5)6/h7,11,13-15,17,19,25-26,45H,8-10,12,16,20-22H2,1-6H3/t25-,26-/m1/s1. The third-order valence-corrected chi connectivity index (χ3v) is 11.4. The summed E-state index contributed by atoms with van der Waals surface area (Å²) in [5.74, 6) is 0. The number of amides is 1. The molecule has 1 amide bonds. The van der Waals surface area contributed by atoms with Gasteiger partial charge in [0.25, 0.3) is 5.56 Å². The lowest BCUT2D eigenvalue weighted by molar-refractivity contribution is 0.0174. The molecule has 256 valence electrons. The van der Waals surface area contributed by atoms with E-state index in [1.807, 2.05) is 45.2 Å². The zero-order valence-corrected chi connectivity index (χ0v) is 29.9. The van der Waals surface area contributed by atoms with Crippen molar-refractivity contribution in [2.75, 3.05) is 24.6 Å². The number of aromatic nitrogens is 3. The molecule has 1 aromatic carbocycles. The third-order valence-electron chi connectivity index (χ3n) is 10.2. The van der Waals surface area contributed by atoms with E-state index in [0.717, 1.165) is 63.3 Å². The minimum absolute atomic E-state index is 0.0311. The Hall–Kier alpha value is -4.27. The summed E-state index contributed by atoms with van der Waals surface area (Å²) in [5.41, 5.74) is 5.70. The van der Waals surface area contributed by atoms with E-state index in [0.29, 0.717) is 25.1 Å².